The molecule has 5 nitrogen and oxygen atoms in total. The summed E-state index contributed by atoms with van der Waals surface area (Å²) in [7, 11) is 0. The minimum Gasteiger partial charge on any atom is -0.345 e. The average Bonchev–Trinajstić information content (AvgIpc) is 2.85. The smallest absolute Gasteiger partial charge is 0.251 e. The topological polar surface area (TPSA) is 61.4 Å². The molecule has 4 rings (SSSR count). The number of benzene rings is 3. The first-order chi connectivity index (χ1) is 16.2. The van der Waals surface area contributed by atoms with Crippen LogP contribution in [0.5, 0.6) is 0 Å². The number of nitrogens with one attached hydrogen (secondary N) is 2. The Balaban J connectivity index is 1.41. The molecular formula is C28H31N3O2. The first-order valence-corrected chi connectivity index (χ1v) is 11.7. The quantitative estimate of drug-likeness (QED) is 0.507. The molecule has 3 aromatic rings. The maximum atomic E-state index is 12.9. The fourth-order valence-electron chi connectivity index (χ4n) is 4.29. The fraction of sp³-hybridized carbons (Fsp3) is 0.286. The molecule has 1 unspecified atom stereocenters. The fourth-order valence-corrected chi connectivity index (χ4v) is 4.29. The van der Waals surface area contributed by atoms with E-state index >= 15 is 0 Å². The van der Waals surface area contributed by atoms with Crippen LogP contribution in [-0.4, -0.2) is 29.8 Å². The molecule has 1 atom stereocenters. The number of hydrogen-bond acceptors (Lipinski definition) is 3. The second-order valence-electron chi connectivity index (χ2n) is 8.59. The van der Waals surface area contributed by atoms with Crippen LogP contribution in [0, 0.1) is 0 Å². The van der Waals surface area contributed by atoms with Crippen LogP contribution in [0.3, 0.4) is 0 Å². The predicted molar refractivity (Wildman–Crippen MR) is 132 cm³/mol. The maximum Gasteiger partial charge on any atom is 0.251 e. The number of rotatable bonds is 8. The molecule has 5 heteroatoms. The number of amides is 2. The molecule has 0 aliphatic carbocycles. The van der Waals surface area contributed by atoms with Gasteiger partial charge in [-0.25, -0.2) is 0 Å². The number of carbonyl (C=O) groups excluding carboxylic acids is 2. The molecule has 0 bridgehead atoms. The Kier molecular flexibility index (Phi) is 7.88. The van der Waals surface area contributed by atoms with Gasteiger partial charge in [-0.1, -0.05) is 67.1 Å². The monoisotopic (exact) mass is 441 g/mol. The van der Waals surface area contributed by atoms with E-state index in [4.69, 9.17) is 0 Å². The van der Waals surface area contributed by atoms with Gasteiger partial charge in [0.1, 0.15) is 0 Å². The van der Waals surface area contributed by atoms with Gasteiger partial charge in [0.2, 0.25) is 5.91 Å². The molecule has 0 radical (unpaired) electrons. The van der Waals surface area contributed by atoms with E-state index in [-0.39, 0.29) is 18.2 Å². The summed E-state index contributed by atoms with van der Waals surface area (Å²) in [6, 6.07) is 26.3. The molecule has 2 N–H and O–H groups in total. The molecular weight excluding hydrogens is 410 g/mol. The van der Waals surface area contributed by atoms with Crippen molar-refractivity contribution in [1.29, 1.82) is 0 Å². The minimum absolute atomic E-state index is 0.132. The Labute approximate surface area is 195 Å². The van der Waals surface area contributed by atoms with Crippen LogP contribution in [0.4, 0.5) is 5.69 Å². The Morgan fingerprint density at radius 3 is 2.24 bits per heavy atom. The molecule has 0 saturated carbocycles. The Morgan fingerprint density at radius 2 is 1.52 bits per heavy atom. The summed E-state index contributed by atoms with van der Waals surface area (Å²) < 4.78 is 0. The maximum absolute atomic E-state index is 12.9. The molecule has 2 amide bonds. The summed E-state index contributed by atoms with van der Waals surface area (Å²) in [5, 5.41) is 6.05. The second-order valence-corrected chi connectivity index (χ2v) is 8.59. The van der Waals surface area contributed by atoms with Gasteiger partial charge >= 0.3 is 0 Å². The van der Waals surface area contributed by atoms with Crippen molar-refractivity contribution < 1.29 is 9.59 Å². The summed E-state index contributed by atoms with van der Waals surface area (Å²) >= 11 is 0. The van der Waals surface area contributed by atoms with Crippen molar-refractivity contribution in [3.05, 3.63) is 102 Å². The Bertz CT molecular complexity index is 1050. The molecule has 170 valence electrons. The van der Waals surface area contributed by atoms with Gasteiger partial charge in [0.25, 0.3) is 5.91 Å². The van der Waals surface area contributed by atoms with Gasteiger partial charge in [-0.15, -0.1) is 0 Å². The van der Waals surface area contributed by atoms with Gasteiger partial charge in [0.15, 0.2) is 0 Å². The van der Waals surface area contributed by atoms with Crippen LogP contribution in [-0.2, 0) is 11.3 Å². The van der Waals surface area contributed by atoms with Gasteiger partial charge in [-0.2, -0.15) is 0 Å². The number of likely N-dealkylation sites (tertiary alicyclic amines) is 1. The van der Waals surface area contributed by atoms with Crippen molar-refractivity contribution in [1.82, 2.24) is 10.2 Å². The third-order valence-electron chi connectivity index (χ3n) is 6.00. The zero-order valence-corrected chi connectivity index (χ0v) is 18.9. The van der Waals surface area contributed by atoms with Crippen molar-refractivity contribution in [3.63, 3.8) is 0 Å². The normalized spacial score (nSPS) is 14.9. The molecule has 1 heterocycles. The van der Waals surface area contributed by atoms with Crippen LogP contribution in [0.1, 0.15) is 53.2 Å². The SMILES string of the molecule is O=C(CC(NC(=O)c1ccccc1)c1ccccc1)Nc1cccc(CN2CCCCC2)c1. The third-order valence-corrected chi connectivity index (χ3v) is 6.00. The molecule has 33 heavy (non-hydrogen) atoms. The van der Waals surface area contributed by atoms with Crippen LogP contribution in [0.25, 0.3) is 0 Å². The summed E-state index contributed by atoms with van der Waals surface area (Å²) in [4.78, 5) is 28.2. The lowest BCUT2D eigenvalue weighted by Gasteiger charge is -2.26. The van der Waals surface area contributed by atoms with E-state index in [0.29, 0.717) is 5.56 Å². The standard InChI is InChI=1S/C28H31N3O2/c32-27(29-25-16-10-11-22(19-25)21-31-17-8-3-9-18-31)20-26(23-12-4-1-5-13-23)30-28(33)24-14-6-2-7-15-24/h1-2,4-7,10-16,19,26H,3,8-9,17-18,20-21H2,(H,29,32)(H,30,33). The number of carbonyl (C=O) groups is 2. The van der Waals surface area contributed by atoms with E-state index in [0.717, 1.165) is 30.9 Å². The van der Waals surface area contributed by atoms with Crippen LogP contribution in [0.2, 0.25) is 0 Å². The number of anilines is 1. The minimum atomic E-state index is -0.421. The summed E-state index contributed by atoms with van der Waals surface area (Å²) in [6.45, 7) is 3.18. The van der Waals surface area contributed by atoms with Crippen molar-refractivity contribution in [2.45, 2.75) is 38.3 Å². The zero-order chi connectivity index (χ0) is 22.9. The third kappa shape index (κ3) is 6.77. The highest BCUT2D eigenvalue weighted by Gasteiger charge is 2.19. The lowest BCUT2D eigenvalue weighted by molar-refractivity contribution is -0.116. The van der Waals surface area contributed by atoms with E-state index in [9.17, 15) is 9.59 Å². The largest absolute Gasteiger partial charge is 0.345 e. The molecule has 1 aliphatic heterocycles. The molecule has 1 fully saturated rings. The highest BCUT2D eigenvalue weighted by atomic mass is 16.2. The number of hydrogen-bond donors (Lipinski definition) is 2. The Hall–Kier alpha value is -3.44. The molecule has 0 aromatic heterocycles. The van der Waals surface area contributed by atoms with Crippen LogP contribution >= 0.6 is 0 Å². The van der Waals surface area contributed by atoms with Gasteiger partial charge < -0.3 is 10.6 Å². The van der Waals surface area contributed by atoms with Gasteiger partial charge in [0, 0.05) is 17.8 Å². The zero-order valence-electron chi connectivity index (χ0n) is 18.9. The molecule has 1 saturated heterocycles. The van der Waals surface area contributed by atoms with E-state index in [1.54, 1.807) is 12.1 Å². The van der Waals surface area contributed by atoms with Crippen molar-refractivity contribution in [2.75, 3.05) is 18.4 Å². The van der Waals surface area contributed by atoms with E-state index < -0.39 is 6.04 Å². The molecule has 0 spiro atoms. The van der Waals surface area contributed by atoms with E-state index in [2.05, 4.69) is 21.6 Å². The van der Waals surface area contributed by atoms with Crippen LogP contribution < -0.4 is 10.6 Å². The molecule has 1 aliphatic rings. The molecule has 3 aromatic carbocycles. The lowest BCUT2D eigenvalue weighted by atomic mass is 10.0. The van der Waals surface area contributed by atoms with E-state index in [1.165, 1.54) is 24.8 Å². The van der Waals surface area contributed by atoms with Gasteiger partial charge in [0.05, 0.1) is 12.5 Å². The second kappa shape index (κ2) is 11.4. The highest BCUT2D eigenvalue weighted by molar-refractivity contribution is 5.95. The van der Waals surface area contributed by atoms with Crippen molar-refractivity contribution in [3.8, 4) is 0 Å². The summed E-state index contributed by atoms with van der Waals surface area (Å²) in [5.41, 5.74) is 3.46. The lowest BCUT2D eigenvalue weighted by Crippen LogP contribution is -2.31. The predicted octanol–water partition coefficient (Wildman–Crippen LogP) is 5.17. The summed E-state index contributed by atoms with van der Waals surface area (Å²) in [5.74, 6) is -0.326. The van der Waals surface area contributed by atoms with Crippen molar-refractivity contribution >= 4 is 17.5 Å². The summed E-state index contributed by atoms with van der Waals surface area (Å²) in [6.07, 6.45) is 3.98. The number of nitrogens with zero attached hydrogens (tertiary/aromatic N) is 1. The van der Waals surface area contributed by atoms with Crippen LogP contribution in [0.15, 0.2) is 84.9 Å². The van der Waals surface area contributed by atoms with E-state index in [1.807, 2.05) is 66.7 Å². The Morgan fingerprint density at radius 1 is 0.818 bits per heavy atom. The number of piperidine rings is 1. The average molecular weight is 442 g/mol. The van der Waals surface area contributed by atoms with Gasteiger partial charge in [-0.05, 0) is 61.3 Å². The highest BCUT2D eigenvalue weighted by Crippen LogP contribution is 2.20. The van der Waals surface area contributed by atoms with Crippen molar-refractivity contribution in [2.24, 2.45) is 0 Å². The van der Waals surface area contributed by atoms with Gasteiger partial charge in [-0.3, -0.25) is 14.5 Å². The first-order valence-electron chi connectivity index (χ1n) is 11.7. The first kappa shape index (κ1) is 22.7.